The third-order valence-corrected chi connectivity index (χ3v) is 5.16. The fourth-order valence-corrected chi connectivity index (χ4v) is 3.62. The predicted molar refractivity (Wildman–Crippen MR) is 86.3 cm³/mol. The van der Waals surface area contributed by atoms with Gasteiger partial charge in [-0.05, 0) is 17.9 Å². The number of hydrogen-bond acceptors (Lipinski definition) is 5. The normalized spacial score (nSPS) is 19.9. The molecule has 126 valence electrons. The average molecular weight is 338 g/mol. The van der Waals surface area contributed by atoms with Crippen molar-refractivity contribution in [3.63, 3.8) is 0 Å². The maximum absolute atomic E-state index is 12.2. The maximum atomic E-state index is 12.2. The van der Waals surface area contributed by atoms with E-state index in [1.165, 1.54) is 11.3 Å². The standard InChI is InChI=1S/C16H22N2O4S/c19-14(4-1-7-17-15(20)13-3-2-12-23-13)18-8-5-16(6-9-18)21-10-11-22-16/h2-3,12H,1,4-11H2,(H,17,20). The highest BCUT2D eigenvalue weighted by Gasteiger charge is 2.40. The molecule has 2 amide bonds. The molecule has 1 N–H and O–H groups in total. The zero-order chi connectivity index (χ0) is 16.1. The van der Waals surface area contributed by atoms with E-state index in [1.807, 2.05) is 16.3 Å². The highest BCUT2D eigenvalue weighted by Crippen LogP contribution is 2.31. The van der Waals surface area contributed by atoms with Crippen molar-refractivity contribution in [3.05, 3.63) is 22.4 Å². The molecule has 7 heteroatoms. The Morgan fingerprint density at radius 1 is 1.26 bits per heavy atom. The molecule has 0 radical (unpaired) electrons. The van der Waals surface area contributed by atoms with E-state index in [0.717, 1.165) is 12.8 Å². The Bertz CT molecular complexity index is 530. The third kappa shape index (κ3) is 4.10. The van der Waals surface area contributed by atoms with E-state index in [9.17, 15) is 9.59 Å². The van der Waals surface area contributed by atoms with E-state index < -0.39 is 5.79 Å². The number of carbonyl (C=O) groups is 2. The van der Waals surface area contributed by atoms with Crippen molar-refractivity contribution in [2.45, 2.75) is 31.5 Å². The van der Waals surface area contributed by atoms with Gasteiger partial charge in [-0.1, -0.05) is 6.07 Å². The second kappa shape index (κ2) is 7.42. The summed E-state index contributed by atoms with van der Waals surface area (Å²) in [6.07, 6.45) is 2.60. The number of amides is 2. The zero-order valence-electron chi connectivity index (χ0n) is 13.1. The Morgan fingerprint density at radius 2 is 2.00 bits per heavy atom. The lowest BCUT2D eigenvalue weighted by molar-refractivity contribution is -0.187. The van der Waals surface area contributed by atoms with Gasteiger partial charge < -0.3 is 19.7 Å². The van der Waals surface area contributed by atoms with Crippen LogP contribution in [0, 0.1) is 0 Å². The van der Waals surface area contributed by atoms with Gasteiger partial charge in [0.25, 0.3) is 5.91 Å². The van der Waals surface area contributed by atoms with Gasteiger partial charge in [-0.15, -0.1) is 11.3 Å². The molecular weight excluding hydrogens is 316 g/mol. The summed E-state index contributed by atoms with van der Waals surface area (Å²) in [7, 11) is 0. The van der Waals surface area contributed by atoms with Crippen LogP contribution < -0.4 is 5.32 Å². The quantitative estimate of drug-likeness (QED) is 0.829. The van der Waals surface area contributed by atoms with Crippen LogP contribution in [0.25, 0.3) is 0 Å². The molecule has 2 aliphatic rings. The minimum Gasteiger partial charge on any atom is -0.351 e. The molecule has 6 nitrogen and oxygen atoms in total. The molecule has 0 atom stereocenters. The lowest BCUT2D eigenvalue weighted by atomic mass is 10.0. The number of likely N-dealkylation sites (tertiary alicyclic amines) is 1. The molecule has 2 fully saturated rings. The van der Waals surface area contributed by atoms with Gasteiger partial charge >= 0.3 is 0 Å². The first kappa shape index (κ1) is 16.4. The van der Waals surface area contributed by atoms with Gasteiger partial charge in [0, 0.05) is 38.9 Å². The van der Waals surface area contributed by atoms with Crippen molar-refractivity contribution < 1.29 is 19.1 Å². The number of carbonyl (C=O) groups excluding carboxylic acids is 2. The molecule has 0 aliphatic carbocycles. The molecule has 1 aromatic heterocycles. The molecule has 1 spiro atoms. The van der Waals surface area contributed by atoms with Crippen molar-refractivity contribution in [2.75, 3.05) is 32.8 Å². The van der Waals surface area contributed by atoms with Crippen molar-refractivity contribution in [2.24, 2.45) is 0 Å². The minimum atomic E-state index is -0.439. The average Bonchev–Trinajstić information content (AvgIpc) is 3.24. The van der Waals surface area contributed by atoms with Crippen molar-refractivity contribution in [1.82, 2.24) is 10.2 Å². The molecule has 23 heavy (non-hydrogen) atoms. The Morgan fingerprint density at radius 3 is 2.65 bits per heavy atom. The number of rotatable bonds is 5. The fraction of sp³-hybridized carbons (Fsp3) is 0.625. The molecular formula is C16H22N2O4S. The van der Waals surface area contributed by atoms with E-state index >= 15 is 0 Å². The van der Waals surface area contributed by atoms with Crippen LogP contribution in [0.5, 0.6) is 0 Å². The maximum Gasteiger partial charge on any atom is 0.261 e. The van der Waals surface area contributed by atoms with E-state index in [-0.39, 0.29) is 11.8 Å². The number of piperidine rings is 1. The molecule has 0 unspecified atom stereocenters. The van der Waals surface area contributed by atoms with Gasteiger partial charge in [-0.2, -0.15) is 0 Å². The van der Waals surface area contributed by atoms with E-state index in [2.05, 4.69) is 5.32 Å². The molecule has 2 saturated heterocycles. The lowest BCUT2D eigenvalue weighted by Gasteiger charge is -2.37. The van der Waals surface area contributed by atoms with Crippen LogP contribution in [-0.2, 0) is 14.3 Å². The van der Waals surface area contributed by atoms with Crippen LogP contribution in [0.1, 0.15) is 35.4 Å². The molecule has 3 heterocycles. The van der Waals surface area contributed by atoms with Gasteiger partial charge in [-0.3, -0.25) is 9.59 Å². The van der Waals surface area contributed by atoms with E-state index in [1.54, 1.807) is 6.07 Å². The Labute approximate surface area is 139 Å². The molecule has 0 aromatic carbocycles. The molecule has 0 bridgehead atoms. The fourth-order valence-electron chi connectivity index (χ4n) is 2.98. The summed E-state index contributed by atoms with van der Waals surface area (Å²) >= 11 is 1.42. The van der Waals surface area contributed by atoms with Crippen molar-refractivity contribution >= 4 is 23.2 Å². The van der Waals surface area contributed by atoms with Gasteiger partial charge in [-0.25, -0.2) is 0 Å². The first-order valence-corrected chi connectivity index (χ1v) is 8.94. The number of nitrogens with zero attached hydrogens (tertiary/aromatic N) is 1. The molecule has 0 saturated carbocycles. The van der Waals surface area contributed by atoms with Crippen LogP contribution in [0.15, 0.2) is 17.5 Å². The van der Waals surface area contributed by atoms with Gasteiger partial charge in [0.15, 0.2) is 5.79 Å². The number of thiophene rings is 1. The molecule has 3 rings (SSSR count). The summed E-state index contributed by atoms with van der Waals surface area (Å²) in [5.41, 5.74) is 0. The number of ether oxygens (including phenoxy) is 2. The predicted octanol–water partition coefficient (Wildman–Crippen LogP) is 1.62. The number of hydrogen-bond donors (Lipinski definition) is 1. The monoisotopic (exact) mass is 338 g/mol. The topological polar surface area (TPSA) is 67.9 Å². The Balaban J connectivity index is 1.33. The largest absolute Gasteiger partial charge is 0.351 e. The smallest absolute Gasteiger partial charge is 0.261 e. The second-order valence-corrected chi connectivity index (χ2v) is 6.77. The van der Waals surface area contributed by atoms with Crippen molar-refractivity contribution in [1.29, 1.82) is 0 Å². The van der Waals surface area contributed by atoms with Gasteiger partial charge in [0.05, 0.1) is 18.1 Å². The van der Waals surface area contributed by atoms with Gasteiger partial charge in [0.2, 0.25) is 5.91 Å². The first-order chi connectivity index (χ1) is 11.2. The summed E-state index contributed by atoms with van der Waals surface area (Å²) < 4.78 is 11.3. The highest BCUT2D eigenvalue weighted by atomic mass is 32.1. The molecule has 2 aliphatic heterocycles. The van der Waals surface area contributed by atoms with Crippen molar-refractivity contribution in [3.8, 4) is 0 Å². The van der Waals surface area contributed by atoms with E-state index in [0.29, 0.717) is 50.6 Å². The zero-order valence-corrected chi connectivity index (χ0v) is 13.9. The second-order valence-electron chi connectivity index (χ2n) is 5.83. The first-order valence-electron chi connectivity index (χ1n) is 8.06. The third-order valence-electron chi connectivity index (χ3n) is 4.29. The minimum absolute atomic E-state index is 0.0668. The summed E-state index contributed by atoms with van der Waals surface area (Å²) in [6, 6.07) is 3.64. The Hall–Kier alpha value is -1.44. The van der Waals surface area contributed by atoms with Crippen LogP contribution in [-0.4, -0.2) is 55.3 Å². The number of nitrogens with one attached hydrogen (secondary N) is 1. The summed E-state index contributed by atoms with van der Waals surface area (Å²) in [4.78, 5) is 26.6. The van der Waals surface area contributed by atoms with Crippen LogP contribution >= 0.6 is 11.3 Å². The van der Waals surface area contributed by atoms with Crippen LogP contribution in [0.3, 0.4) is 0 Å². The summed E-state index contributed by atoms with van der Waals surface area (Å²) in [6.45, 7) is 3.18. The van der Waals surface area contributed by atoms with Crippen LogP contribution in [0.4, 0.5) is 0 Å². The molecule has 1 aromatic rings. The lowest BCUT2D eigenvalue weighted by Crippen LogP contribution is -2.47. The summed E-state index contributed by atoms with van der Waals surface area (Å²) in [5.74, 6) is -0.364. The van der Waals surface area contributed by atoms with E-state index in [4.69, 9.17) is 9.47 Å². The summed E-state index contributed by atoms with van der Waals surface area (Å²) in [5, 5.41) is 4.72. The Kier molecular flexibility index (Phi) is 5.30. The highest BCUT2D eigenvalue weighted by molar-refractivity contribution is 7.12. The SMILES string of the molecule is O=C(NCCCC(=O)N1CCC2(CC1)OCCO2)c1cccs1. The van der Waals surface area contributed by atoms with Crippen LogP contribution in [0.2, 0.25) is 0 Å². The van der Waals surface area contributed by atoms with Gasteiger partial charge in [0.1, 0.15) is 0 Å².